The van der Waals surface area contributed by atoms with Crippen LogP contribution in [0.25, 0.3) is 10.1 Å². The van der Waals surface area contributed by atoms with Gasteiger partial charge in [0, 0.05) is 4.70 Å². The molecule has 3 heteroatoms. The Bertz CT molecular complexity index is 421. The van der Waals surface area contributed by atoms with Gasteiger partial charge in [-0.15, -0.1) is 11.3 Å². The van der Waals surface area contributed by atoms with E-state index in [1.807, 2.05) is 6.07 Å². The molecular weight excluding hydrogens is 194 g/mol. The lowest BCUT2D eigenvalue weighted by atomic mass is 10.1. The van der Waals surface area contributed by atoms with Crippen LogP contribution in [0.3, 0.4) is 0 Å². The predicted molar refractivity (Wildman–Crippen MR) is 62.2 cm³/mol. The number of thiophene rings is 1. The molecule has 0 aliphatic carbocycles. The van der Waals surface area contributed by atoms with Crippen LogP contribution in [0.2, 0.25) is 0 Å². The second-order valence-corrected chi connectivity index (χ2v) is 4.32. The Morgan fingerprint density at radius 2 is 2.14 bits per heavy atom. The Kier molecular flexibility index (Phi) is 2.33. The van der Waals surface area contributed by atoms with Crippen molar-refractivity contribution in [2.24, 2.45) is 0 Å². The van der Waals surface area contributed by atoms with Crippen LogP contribution in [0.15, 0.2) is 18.2 Å². The Balaban J connectivity index is 2.68. The molecule has 2 nitrogen and oxygen atoms in total. The second kappa shape index (κ2) is 3.50. The van der Waals surface area contributed by atoms with E-state index >= 15 is 0 Å². The average molecular weight is 207 g/mol. The van der Waals surface area contributed by atoms with Gasteiger partial charge in [-0.3, -0.25) is 0 Å². The van der Waals surface area contributed by atoms with Gasteiger partial charge in [0.1, 0.15) is 5.75 Å². The van der Waals surface area contributed by atoms with Gasteiger partial charge in [0.15, 0.2) is 0 Å². The van der Waals surface area contributed by atoms with Gasteiger partial charge in [0.05, 0.1) is 12.1 Å². The Morgan fingerprint density at radius 1 is 1.36 bits per heavy atom. The molecule has 0 saturated heterocycles. The minimum atomic E-state index is 0.857. The van der Waals surface area contributed by atoms with Gasteiger partial charge in [-0.25, -0.2) is 0 Å². The quantitative estimate of drug-likeness (QED) is 0.821. The number of hydrogen-bond acceptors (Lipinski definition) is 3. The minimum absolute atomic E-state index is 0.857. The molecule has 0 aliphatic rings. The van der Waals surface area contributed by atoms with Crippen molar-refractivity contribution in [1.82, 2.24) is 0 Å². The molecule has 2 aromatic rings. The van der Waals surface area contributed by atoms with Crippen molar-refractivity contribution in [2.75, 3.05) is 12.8 Å². The van der Waals surface area contributed by atoms with E-state index in [2.05, 4.69) is 19.1 Å². The highest BCUT2D eigenvalue weighted by Crippen LogP contribution is 2.33. The number of nitrogen functional groups attached to an aromatic ring is 1. The van der Waals surface area contributed by atoms with E-state index in [0.29, 0.717) is 0 Å². The van der Waals surface area contributed by atoms with E-state index in [4.69, 9.17) is 10.5 Å². The maximum Gasteiger partial charge on any atom is 0.122 e. The Morgan fingerprint density at radius 3 is 2.79 bits per heavy atom. The maximum atomic E-state index is 5.75. The topological polar surface area (TPSA) is 35.2 Å². The van der Waals surface area contributed by atoms with Gasteiger partial charge in [-0.2, -0.15) is 0 Å². The summed E-state index contributed by atoms with van der Waals surface area (Å²) < 4.78 is 6.55. The molecular formula is C11H13NOS. The number of benzene rings is 1. The molecule has 1 heterocycles. The first-order valence-corrected chi connectivity index (χ1v) is 5.42. The summed E-state index contributed by atoms with van der Waals surface area (Å²) in [7, 11) is 1.70. The van der Waals surface area contributed by atoms with Crippen LogP contribution in [-0.4, -0.2) is 7.11 Å². The van der Waals surface area contributed by atoms with E-state index in [1.54, 1.807) is 18.4 Å². The molecule has 2 rings (SSSR count). The van der Waals surface area contributed by atoms with Crippen molar-refractivity contribution in [1.29, 1.82) is 0 Å². The number of nitrogens with two attached hydrogens (primary N) is 1. The van der Waals surface area contributed by atoms with Gasteiger partial charge < -0.3 is 10.5 Å². The summed E-state index contributed by atoms with van der Waals surface area (Å²) in [6, 6.07) is 6.21. The summed E-state index contributed by atoms with van der Waals surface area (Å²) in [5, 5.41) is 2.02. The average Bonchev–Trinajstić information content (AvgIpc) is 2.54. The molecule has 0 aliphatic heterocycles. The molecule has 0 fully saturated rings. The third-order valence-electron chi connectivity index (χ3n) is 2.32. The van der Waals surface area contributed by atoms with E-state index in [-0.39, 0.29) is 0 Å². The zero-order valence-corrected chi connectivity index (χ0v) is 9.15. The van der Waals surface area contributed by atoms with E-state index in [1.165, 1.54) is 15.6 Å². The number of rotatable bonds is 2. The number of fused-ring (bicyclic) bond motifs is 1. The van der Waals surface area contributed by atoms with Crippen LogP contribution in [0.5, 0.6) is 5.75 Å². The first-order valence-electron chi connectivity index (χ1n) is 4.60. The fraction of sp³-hybridized carbons (Fsp3) is 0.273. The molecule has 1 aromatic carbocycles. The number of anilines is 1. The lowest BCUT2D eigenvalue weighted by Crippen LogP contribution is -1.89. The molecule has 1 aromatic heterocycles. The third kappa shape index (κ3) is 1.44. The summed E-state index contributed by atoms with van der Waals surface area (Å²) >= 11 is 1.62. The minimum Gasteiger partial charge on any atom is -0.496 e. The number of ether oxygens (including phenoxy) is 1. The van der Waals surface area contributed by atoms with Crippen molar-refractivity contribution in [3.8, 4) is 5.75 Å². The molecule has 0 amide bonds. The highest BCUT2D eigenvalue weighted by Gasteiger charge is 2.05. The van der Waals surface area contributed by atoms with Crippen molar-refractivity contribution < 1.29 is 4.74 Å². The summed E-state index contributed by atoms with van der Waals surface area (Å²) in [5.74, 6) is 0.956. The monoisotopic (exact) mass is 207 g/mol. The van der Waals surface area contributed by atoms with Gasteiger partial charge in [-0.05, 0) is 35.6 Å². The fourth-order valence-corrected chi connectivity index (χ4v) is 2.47. The van der Waals surface area contributed by atoms with Gasteiger partial charge >= 0.3 is 0 Å². The van der Waals surface area contributed by atoms with Crippen LogP contribution in [-0.2, 0) is 6.42 Å². The van der Waals surface area contributed by atoms with Gasteiger partial charge in [0.25, 0.3) is 0 Å². The Hall–Kier alpha value is -1.22. The number of aryl methyl sites for hydroxylation is 1. The molecule has 0 atom stereocenters. The fourth-order valence-electron chi connectivity index (χ4n) is 1.59. The summed E-state index contributed by atoms with van der Waals surface area (Å²) in [5.41, 5.74) is 6.99. The first-order chi connectivity index (χ1) is 6.74. The number of methoxy groups -OCH3 is 1. The van der Waals surface area contributed by atoms with Crippen LogP contribution in [0.1, 0.15) is 12.5 Å². The standard InChI is InChI=1S/C11H13NOS/c1-3-7-5-10-8(4-9(7)13-2)6-11(12)14-10/h4-6H,3,12H2,1-2H3. The summed E-state index contributed by atoms with van der Waals surface area (Å²) in [6.45, 7) is 2.13. The molecule has 0 saturated carbocycles. The highest BCUT2D eigenvalue weighted by molar-refractivity contribution is 7.22. The molecule has 0 bridgehead atoms. The molecule has 2 N–H and O–H groups in total. The van der Waals surface area contributed by atoms with Crippen LogP contribution >= 0.6 is 11.3 Å². The zero-order chi connectivity index (χ0) is 10.1. The van der Waals surface area contributed by atoms with E-state index in [0.717, 1.165) is 17.2 Å². The van der Waals surface area contributed by atoms with Crippen molar-refractivity contribution in [3.05, 3.63) is 23.8 Å². The van der Waals surface area contributed by atoms with Crippen molar-refractivity contribution >= 4 is 26.4 Å². The lowest BCUT2D eigenvalue weighted by molar-refractivity contribution is 0.411. The molecule has 0 spiro atoms. The molecule has 14 heavy (non-hydrogen) atoms. The third-order valence-corrected chi connectivity index (χ3v) is 3.25. The lowest BCUT2D eigenvalue weighted by Gasteiger charge is -2.05. The van der Waals surface area contributed by atoms with Crippen LogP contribution < -0.4 is 10.5 Å². The smallest absolute Gasteiger partial charge is 0.122 e. The SMILES string of the molecule is CCc1cc2sc(N)cc2cc1OC. The molecule has 0 unspecified atom stereocenters. The maximum absolute atomic E-state index is 5.75. The molecule has 74 valence electrons. The van der Waals surface area contributed by atoms with Crippen molar-refractivity contribution in [3.63, 3.8) is 0 Å². The van der Waals surface area contributed by atoms with Crippen LogP contribution in [0.4, 0.5) is 5.00 Å². The largest absolute Gasteiger partial charge is 0.496 e. The van der Waals surface area contributed by atoms with E-state index < -0.39 is 0 Å². The molecule has 0 radical (unpaired) electrons. The Labute approximate surface area is 87.3 Å². The van der Waals surface area contributed by atoms with Crippen LogP contribution in [0, 0.1) is 0 Å². The second-order valence-electron chi connectivity index (χ2n) is 3.20. The summed E-state index contributed by atoms with van der Waals surface area (Å²) in [6.07, 6.45) is 0.983. The predicted octanol–water partition coefficient (Wildman–Crippen LogP) is 3.05. The first kappa shape index (κ1) is 9.34. The van der Waals surface area contributed by atoms with E-state index in [9.17, 15) is 0 Å². The van der Waals surface area contributed by atoms with Gasteiger partial charge in [0.2, 0.25) is 0 Å². The number of hydrogen-bond donors (Lipinski definition) is 1. The summed E-state index contributed by atoms with van der Waals surface area (Å²) in [4.78, 5) is 0. The normalized spacial score (nSPS) is 10.7. The van der Waals surface area contributed by atoms with Gasteiger partial charge in [-0.1, -0.05) is 6.92 Å². The zero-order valence-electron chi connectivity index (χ0n) is 8.33. The highest BCUT2D eigenvalue weighted by atomic mass is 32.1. The van der Waals surface area contributed by atoms with Crippen molar-refractivity contribution in [2.45, 2.75) is 13.3 Å².